The Balaban J connectivity index is 1.74. The van der Waals surface area contributed by atoms with Gasteiger partial charge in [-0.3, -0.25) is 4.79 Å². The fourth-order valence-corrected chi connectivity index (χ4v) is 2.45. The molecule has 0 aliphatic carbocycles. The van der Waals surface area contributed by atoms with Crippen molar-refractivity contribution >= 4 is 17.7 Å². The van der Waals surface area contributed by atoms with E-state index in [0.717, 1.165) is 10.5 Å². The zero-order valence-corrected chi connectivity index (χ0v) is 12.8. The van der Waals surface area contributed by atoms with Crippen molar-refractivity contribution in [3.63, 3.8) is 0 Å². The van der Waals surface area contributed by atoms with Gasteiger partial charge in [-0.2, -0.15) is 8.78 Å². The first kappa shape index (κ1) is 17.2. The SMILES string of the molecule is O=C(CSc1ccc(F)cc1)NCc1ccc(OC(F)F)cc1. The molecule has 7 heteroatoms. The van der Waals surface area contributed by atoms with E-state index in [0.29, 0.717) is 0 Å². The number of rotatable bonds is 7. The lowest BCUT2D eigenvalue weighted by Crippen LogP contribution is -2.24. The van der Waals surface area contributed by atoms with Gasteiger partial charge in [-0.1, -0.05) is 12.1 Å². The van der Waals surface area contributed by atoms with Crippen LogP contribution in [0.15, 0.2) is 53.4 Å². The number of carbonyl (C=O) groups is 1. The molecule has 0 bridgehead atoms. The standard InChI is InChI=1S/C16H14F3NO2S/c17-12-3-7-14(8-4-12)23-10-15(21)20-9-11-1-5-13(6-2-11)22-16(18)19/h1-8,16H,9-10H2,(H,20,21). The maximum absolute atomic E-state index is 12.8. The number of nitrogens with one attached hydrogen (secondary N) is 1. The third-order valence-corrected chi connectivity index (χ3v) is 3.83. The molecule has 2 rings (SSSR count). The molecule has 122 valence electrons. The van der Waals surface area contributed by atoms with Crippen molar-refractivity contribution in [1.82, 2.24) is 5.32 Å². The molecule has 0 aliphatic rings. The summed E-state index contributed by atoms with van der Waals surface area (Å²) in [5.74, 6) is -0.217. The summed E-state index contributed by atoms with van der Waals surface area (Å²) in [4.78, 5) is 12.5. The van der Waals surface area contributed by atoms with Crippen molar-refractivity contribution < 1.29 is 22.7 Å². The number of benzene rings is 2. The zero-order valence-electron chi connectivity index (χ0n) is 12.0. The third kappa shape index (κ3) is 6.23. The molecular weight excluding hydrogens is 327 g/mol. The molecule has 0 unspecified atom stereocenters. The Hall–Kier alpha value is -2.15. The van der Waals surface area contributed by atoms with Crippen LogP contribution >= 0.6 is 11.8 Å². The van der Waals surface area contributed by atoms with Crippen LogP contribution in [-0.2, 0) is 11.3 Å². The number of hydrogen-bond acceptors (Lipinski definition) is 3. The van der Waals surface area contributed by atoms with E-state index >= 15 is 0 Å². The summed E-state index contributed by atoms with van der Waals surface area (Å²) in [5.41, 5.74) is 0.770. The molecule has 0 saturated heterocycles. The number of alkyl halides is 2. The minimum Gasteiger partial charge on any atom is -0.435 e. The second-order valence-electron chi connectivity index (χ2n) is 4.54. The van der Waals surface area contributed by atoms with Gasteiger partial charge in [0.05, 0.1) is 5.75 Å². The Morgan fingerprint density at radius 2 is 1.74 bits per heavy atom. The minimum absolute atomic E-state index is 0.0712. The topological polar surface area (TPSA) is 38.3 Å². The van der Waals surface area contributed by atoms with E-state index in [4.69, 9.17) is 0 Å². The molecule has 0 atom stereocenters. The minimum atomic E-state index is -2.86. The molecule has 0 aromatic heterocycles. The van der Waals surface area contributed by atoms with Gasteiger partial charge in [0.15, 0.2) is 0 Å². The molecule has 1 amide bonds. The van der Waals surface area contributed by atoms with E-state index < -0.39 is 6.61 Å². The second-order valence-corrected chi connectivity index (χ2v) is 5.59. The first-order valence-corrected chi connectivity index (χ1v) is 7.70. The van der Waals surface area contributed by atoms with Gasteiger partial charge in [0, 0.05) is 11.4 Å². The van der Waals surface area contributed by atoms with Crippen LogP contribution in [0.25, 0.3) is 0 Å². The Labute approximate surface area is 135 Å². The summed E-state index contributed by atoms with van der Waals surface area (Å²) >= 11 is 1.30. The summed E-state index contributed by atoms with van der Waals surface area (Å²) in [7, 11) is 0. The number of hydrogen-bond donors (Lipinski definition) is 1. The highest BCUT2D eigenvalue weighted by Crippen LogP contribution is 2.18. The lowest BCUT2D eigenvalue weighted by Gasteiger charge is -2.07. The van der Waals surface area contributed by atoms with Gasteiger partial charge in [-0.25, -0.2) is 4.39 Å². The number of ether oxygens (including phenoxy) is 1. The van der Waals surface area contributed by atoms with Gasteiger partial charge in [0.1, 0.15) is 11.6 Å². The summed E-state index contributed by atoms with van der Waals surface area (Å²) in [6.07, 6.45) is 0. The van der Waals surface area contributed by atoms with Crippen LogP contribution in [0.3, 0.4) is 0 Å². The van der Waals surface area contributed by atoms with E-state index in [-0.39, 0.29) is 29.8 Å². The predicted molar refractivity (Wildman–Crippen MR) is 82.0 cm³/mol. The van der Waals surface area contributed by atoms with E-state index in [1.54, 1.807) is 24.3 Å². The fourth-order valence-electron chi connectivity index (χ4n) is 1.72. The van der Waals surface area contributed by atoms with E-state index in [9.17, 15) is 18.0 Å². The maximum atomic E-state index is 12.8. The average molecular weight is 341 g/mol. The lowest BCUT2D eigenvalue weighted by atomic mass is 10.2. The van der Waals surface area contributed by atoms with Gasteiger partial charge >= 0.3 is 6.61 Å². The van der Waals surface area contributed by atoms with Crippen LogP contribution in [0, 0.1) is 5.82 Å². The summed E-state index contributed by atoms with van der Waals surface area (Å²) in [6.45, 7) is -2.57. The monoisotopic (exact) mass is 341 g/mol. The zero-order chi connectivity index (χ0) is 16.7. The normalized spacial score (nSPS) is 10.6. The summed E-state index contributed by atoms with van der Waals surface area (Å²) in [6, 6.07) is 11.9. The number of amides is 1. The van der Waals surface area contributed by atoms with Gasteiger partial charge in [-0.15, -0.1) is 11.8 Å². The highest BCUT2D eigenvalue weighted by atomic mass is 32.2. The molecule has 2 aromatic rings. The van der Waals surface area contributed by atoms with E-state index in [1.807, 2.05) is 0 Å². The van der Waals surface area contributed by atoms with Gasteiger partial charge in [-0.05, 0) is 42.0 Å². The Morgan fingerprint density at radius 1 is 1.09 bits per heavy atom. The molecule has 0 fully saturated rings. The molecule has 1 N–H and O–H groups in total. The van der Waals surface area contributed by atoms with Gasteiger partial charge < -0.3 is 10.1 Å². The van der Waals surface area contributed by atoms with Crippen LogP contribution in [0.1, 0.15) is 5.56 Å². The largest absolute Gasteiger partial charge is 0.435 e. The molecule has 0 heterocycles. The predicted octanol–water partition coefficient (Wildman–Crippen LogP) is 3.84. The molecule has 0 aliphatic heterocycles. The molecule has 3 nitrogen and oxygen atoms in total. The second kappa shape index (κ2) is 8.47. The van der Waals surface area contributed by atoms with Crippen LogP contribution in [0.2, 0.25) is 0 Å². The van der Waals surface area contributed by atoms with Crippen molar-refractivity contribution in [2.45, 2.75) is 18.1 Å². The summed E-state index contributed by atoms with van der Waals surface area (Å²) < 4.78 is 41.0. The van der Waals surface area contributed by atoms with Crippen molar-refractivity contribution in [2.24, 2.45) is 0 Å². The fraction of sp³-hybridized carbons (Fsp3) is 0.188. The smallest absolute Gasteiger partial charge is 0.387 e. The average Bonchev–Trinajstić information content (AvgIpc) is 2.53. The Kier molecular flexibility index (Phi) is 6.34. The quantitative estimate of drug-likeness (QED) is 0.778. The van der Waals surface area contributed by atoms with Crippen molar-refractivity contribution in [2.75, 3.05) is 5.75 Å². The van der Waals surface area contributed by atoms with Gasteiger partial charge in [0.2, 0.25) is 5.91 Å². The Bertz CT molecular complexity index is 633. The van der Waals surface area contributed by atoms with Crippen LogP contribution in [-0.4, -0.2) is 18.3 Å². The van der Waals surface area contributed by atoms with Gasteiger partial charge in [0.25, 0.3) is 0 Å². The molecule has 0 spiro atoms. The Morgan fingerprint density at radius 3 is 2.35 bits per heavy atom. The molecular formula is C16H14F3NO2S. The lowest BCUT2D eigenvalue weighted by molar-refractivity contribution is -0.118. The van der Waals surface area contributed by atoms with Crippen molar-refractivity contribution in [1.29, 1.82) is 0 Å². The van der Waals surface area contributed by atoms with Crippen LogP contribution in [0.5, 0.6) is 5.75 Å². The van der Waals surface area contributed by atoms with Crippen molar-refractivity contribution in [3.8, 4) is 5.75 Å². The maximum Gasteiger partial charge on any atom is 0.387 e. The molecule has 0 saturated carbocycles. The highest BCUT2D eigenvalue weighted by Gasteiger charge is 2.05. The van der Waals surface area contributed by atoms with Crippen molar-refractivity contribution in [3.05, 3.63) is 59.9 Å². The molecule has 2 aromatic carbocycles. The summed E-state index contributed by atoms with van der Waals surface area (Å²) in [5, 5.41) is 2.72. The van der Waals surface area contributed by atoms with Crippen LogP contribution in [0.4, 0.5) is 13.2 Å². The molecule has 23 heavy (non-hydrogen) atoms. The van der Waals surface area contributed by atoms with E-state index in [1.165, 1.54) is 36.0 Å². The third-order valence-electron chi connectivity index (χ3n) is 2.82. The number of halogens is 3. The van der Waals surface area contributed by atoms with Crippen LogP contribution < -0.4 is 10.1 Å². The first-order valence-electron chi connectivity index (χ1n) is 6.72. The number of carbonyl (C=O) groups excluding carboxylic acids is 1. The van der Waals surface area contributed by atoms with E-state index in [2.05, 4.69) is 10.1 Å². The number of thioether (sulfide) groups is 1. The molecule has 0 radical (unpaired) electrons. The first-order chi connectivity index (χ1) is 11.0. The highest BCUT2D eigenvalue weighted by molar-refractivity contribution is 8.00.